The third-order valence-corrected chi connectivity index (χ3v) is 4.21. The summed E-state index contributed by atoms with van der Waals surface area (Å²) in [5.74, 6) is 0.672. The number of nitrogens with two attached hydrogens (primary N) is 1. The maximum absolute atomic E-state index is 6.24. The quantitative estimate of drug-likeness (QED) is 0.858. The Morgan fingerprint density at radius 3 is 3.00 bits per heavy atom. The van der Waals surface area contributed by atoms with Gasteiger partial charge in [0.15, 0.2) is 5.82 Å². The molecule has 1 aromatic heterocycles. The third kappa shape index (κ3) is 2.53. The van der Waals surface area contributed by atoms with Gasteiger partial charge in [-0.3, -0.25) is 0 Å². The Kier molecular flexibility index (Phi) is 3.56. The number of halogens is 2. The maximum atomic E-state index is 6.24. The topological polar surface area (TPSA) is 51.8 Å². The zero-order chi connectivity index (χ0) is 13.4. The van der Waals surface area contributed by atoms with Crippen molar-refractivity contribution < 1.29 is 0 Å². The molecule has 0 spiro atoms. The zero-order valence-electron chi connectivity index (χ0n) is 10.2. The molecule has 98 valence electrons. The van der Waals surface area contributed by atoms with E-state index in [0.29, 0.717) is 10.8 Å². The molecule has 3 rings (SSSR count). The van der Waals surface area contributed by atoms with Crippen LogP contribution in [0.4, 0.5) is 0 Å². The lowest BCUT2D eigenvalue weighted by molar-refractivity contribution is 0.557. The Bertz CT molecular complexity index is 630. The number of nitrogens with zero attached hydrogens (tertiary/aromatic N) is 2. The lowest BCUT2D eigenvalue weighted by atomic mass is 9.93. The molecule has 1 aliphatic rings. The molecule has 0 saturated carbocycles. The van der Waals surface area contributed by atoms with Crippen molar-refractivity contribution in [2.75, 3.05) is 0 Å². The van der Waals surface area contributed by atoms with Gasteiger partial charge in [-0.1, -0.05) is 27.5 Å². The molecule has 1 aromatic carbocycles. The van der Waals surface area contributed by atoms with E-state index in [9.17, 15) is 0 Å². The van der Waals surface area contributed by atoms with Crippen molar-refractivity contribution in [3.05, 3.63) is 45.1 Å². The fraction of sp³-hybridized carbons (Fsp3) is 0.286. The summed E-state index contributed by atoms with van der Waals surface area (Å²) < 4.78 is 0.946. The van der Waals surface area contributed by atoms with Crippen LogP contribution >= 0.6 is 27.5 Å². The Morgan fingerprint density at radius 2 is 2.21 bits per heavy atom. The summed E-state index contributed by atoms with van der Waals surface area (Å²) in [5, 5.41) is 0.648. The van der Waals surface area contributed by atoms with Crippen molar-refractivity contribution in [3.8, 4) is 11.4 Å². The molecule has 0 amide bonds. The molecule has 19 heavy (non-hydrogen) atoms. The van der Waals surface area contributed by atoms with Crippen LogP contribution in [0.15, 0.2) is 28.9 Å². The van der Waals surface area contributed by atoms with Crippen LogP contribution in [0, 0.1) is 0 Å². The van der Waals surface area contributed by atoms with Crippen molar-refractivity contribution in [1.29, 1.82) is 0 Å². The Labute approximate surface area is 125 Å². The lowest BCUT2D eigenvalue weighted by Crippen LogP contribution is -2.19. The highest BCUT2D eigenvalue weighted by molar-refractivity contribution is 9.10. The van der Waals surface area contributed by atoms with Crippen molar-refractivity contribution in [3.63, 3.8) is 0 Å². The van der Waals surface area contributed by atoms with Gasteiger partial charge in [-0.05, 0) is 37.5 Å². The average molecular weight is 339 g/mol. The minimum atomic E-state index is 0.0678. The van der Waals surface area contributed by atoms with Crippen LogP contribution in [0.5, 0.6) is 0 Å². The summed E-state index contributed by atoms with van der Waals surface area (Å²) >= 11 is 9.64. The second-order valence-corrected chi connectivity index (χ2v) is 6.04. The number of fused-ring (bicyclic) bond motifs is 1. The van der Waals surface area contributed by atoms with Crippen molar-refractivity contribution in [2.45, 2.75) is 25.3 Å². The van der Waals surface area contributed by atoms with E-state index in [0.717, 1.165) is 40.6 Å². The fourth-order valence-corrected chi connectivity index (χ4v) is 3.14. The van der Waals surface area contributed by atoms with E-state index in [2.05, 4.69) is 25.9 Å². The highest BCUT2D eigenvalue weighted by Gasteiger charge is 2.19. The van der Waals surface area contributed by atoms with Gasteiger partial charge in [0, 0.05) is 33.5 Å². The first-order valence-electron chi connectivity index (χ1n) is 6.22. The van der Waals surface area contributed by atoms with Crippen LogP contribution < -0.4 is 5.73 Å². The number of aromatic nitrogens is 2. The van der Waals surface area contributed by atoms with E-state index in [1.54, 1.807) is 0 Å². The monoisotopic (exact) mass is 337 g/mol. The van der Waals surface area contributed by atoms with E-state index in [4.69, 9.17) is 17.3 Å². The second-order valence-electron chi connectivity index (χ2n) is 4.72. The predicted molar refractivity (Wildman–Crippen MR) is 80.0 cm³/mol. The zero-order valence-corrected chi connectivity index (χ0v) is 12.6. The van der Waals surface area contributed by atoms with E-state index < -0.39 is 0 Å². The van der Waals surface area contributed by atoms with Crippen LogP contribution in [-0.4, -0.2) is 9.97 Å². The number of rotatable bonds is 1. The van der Waals surface area contributed by atoms with Gasteiger partial charge in [-0.25, -0.2) is 9.97 Å². The smallest absolute Gasteiger partial charge is 0.160 e. The largest absolute Gasteiger partial charge is 0.324 e. The molecule has 0 saturated heterocycles. The lowest BCUT2D eigenvalue weighted by Gasteiger charge is -2.21. The Balaban J connectivity index is 2.06. The van der Waals surface area contributed by atoms with Crippen molar-refractivity contribution in [1.82, 2.24) is 9.97 Å². The van der Waals surface area contributed by atoms with E-state index in [-0.39, 0.29) is 6.04 Å². The number of hydrogen-bond acceptors (Lipinski definition) is 3. The summed E-state index contributed by atoms with van der Waals surface area (Å²) in [5.41, 5.74) is 9.06. The molecule has 5 heteroatoms. The molecule has 1 atom stereocenters. The summed E-state index contributed by atoms with van der Waals surface area (Å²) in [4.78, 5) is 9.05. The predicted octanol–water partition coefficient (Wildman–Crippen LogP) is 3.90. The summed E-state index contributed by atoms with van der Waals surface area (Å²) in [6, 6.07) is 5.79. The van der Waals surface area contributed by atoms with E-state index in [1.807, 2.05) is 24.4 Å². The third-order valence-electron chi connectivity index (χ3n) is 3.40. The van der Waals surface area contributed by atoms with Gasteiger partial charge in [0.2, 0.25) is 0 Å². The first-order chi connectivity index (χ1) is 9.15. The molecular weight excluding hydrogens is 326 g/mol. The number of hydrogen-bond donors (Lipinski definition) is 1. The highest BCUT2D eigenvalue weighted by Crippen LogP contribution is 2.31. The van der Waals surface area contributed by atoms with Crippen LogP contribution in [0.25, 0.3) is 11.4 Å². The van der Waals surface area contributed by atoms with Crippen LogP contribution in [0.2, 0.25) is 5.02 Å². The van der Waals surface area contributed by atoms with Gasteiger partial charge < -0.3 is 5.73 Å². The van der Waals surface area contributed by atoms with Gasteiger partial charge >= 0.3 is 0 Å². The number of benzene rings is 1. The van der Waals surface area contributed by atoms with Gasteiger partial charge in [0.05, 0.1) is 5.02 Å². The standard InChI is InChI=1S/C14H13BrClN3/c15-8-4-5-9(11(16)6-8)14-18-7-10-12(17)2-1-3-13(10)19-14/h4-7,12H,1-3,17H2. The normalized spacial score (nSPS) is 18.2. The molecule has 1 unspecified atom stereocenters. The summed E-state index contributed by atoms with van der Waals surface area (Å²) in [6.07, 6.45) is 4.90. The molecule has 2 N–H and O–H groups in total. The molecule has 0 radical (unpaired) electrons. The first kappa shape index (κ1) is 13.0. The molecule has 0 fully saturated rings. The first-order valence-corrected chi connectivity index (χ1v) is 7.39. The molecular formula is C14H13BrClN3. The summed E-state index contributed by atoms with van der Waals surface area (Å²) in [6.45, 7) is 0. The Hall–Kier alpha value is -0.970. The van der Waals surface area contributed by atoms with Gasteiger partial charge in [-0.2, -0.15) is 0 Å². The van der Waals surface area contributed by atoms with Crippen molar-refractivity contribution >= 4 is 27.5 Å². The molecule has 3 nitrogen and oxygen atoms in total. The SMILES string of the molecule is NC1CCCc2nc(-c3ccc(Br)cc3Cl)ncc21. The molecule has 1 aliphatic carbocycles. The van der Waals surface area contributed by atoms with E-state index in [1.165, 1.54) is 0 Å². The van der Waals surface area contributed by atoms with Crippen LogP contribution in [0.3, 0.4) is 0 Å². The maximum Gasteiger partial charge on any atom is 0.160 e. The second kappa shape index (κ2) is 5.19. The average Bonchev–Trinajstić information content (AvgIpc) is 2.38. The fourth-order valence-electron chi connectivity index (χ4n) is 2.38. The van der Waals surface area contributed by atoms with Gasteiger partial charge in [0.1, 0.15) is 0 Å². The van der Waals surface area contributed by atoms with Crippen molar-refractivity contribution in [2.24, 2.45) is 5.73 Å². The van der Waals surface area contributed by atoms with Crippen LogP contribution in [0.1, 0.15) is 30.1 Å². The molecule has 0 aliphatic heterocycles. The molecule has 1 heterocycles. The van der Waals surface area contributed by atoms with E-state index >= 15 is 0 Å². The highest BCUT2D eigenvalue weighted by atomic mass is 79.9. The molecule has 0 bridgehead atoms. The minimum absolute atomic E-state index is 0.0678. The number of aryl methyl sites for hydroxylation is 1. The van der Waals surface area contributed by atoms with Gasteiger partial charge in [0.25, 0.3) is 0 Å². The summed E-state index contributed by atoms with van der Waals surface area (Å²) in [7, 11) is 0. The molecule has 2 aromatic rings. The minimum Gasteiger partial charge on any atom is -0.324 e. The van der Waals surface area contributed by atoms with Crippen LogP contribution in [-0.2, 0) is 6.42 Å². The van der Waals surface area contributed by atoms with Gasteiger partial charge in [-0.15, -0.1) is 0 Å². The Morgan fingerprint density at radius 1 is 1.37 bits per heavy atom.